The van der Waals surface area contributed by atoms with Crippen LogP contribution in [-0.4, -0.2) is 27.7 Å². The first-order valence-electron chi connectivity index (χ1n) is 4.29. The molecule has 13 heavy (non-hydrogen) atoms. The summed E-state index contributed by atoms with van der Waals surface area (Å²) in [7, 11) is 0. The van der Waals surface area contributed by atoms with Crippen molar-refractivity contribution in [3.63, 3.8) is 0 Å². The molecule has 1 aliphatic rings. The molecule has 2 aromatic heterocycles. The van der Waals surface area contributed by atoms with E-state index >= 15 is 0 Å². The summed E-state index contributed by atoms with van der Waals surface area (Å²) in [5.74, 6) is 0. The summed E-state index contributed by atoms with van der Waals surface area (Å²) in [4.78, 5) is 8.21. The van der Waals surface area contributed by atoms with E-state index < -0.39 is 0 Å². The van der Waals surface area contributed by atoms with Gasteiger partial charge in [0.15, 0.2) is 0 Å². The van der Waals surface area contributed by atoms with Crippen LogP contribution in [0.1, 0.15) is 6.04 Å². The van der Waals surface area contributed by atoms with Crippen LogP contribution in [-0.2, 0) is 4.74 Å². The van der Waals surface area contributed by atoms with Crippen LogP contribution in [0.5, 0.6) is 0 Å². The second-order valence-electron chi connectivity index (χ2n) is 3.22. The molecule has 1 aliphatic heterocycles. The molecular formula is C9H9N3O. The number of hydrogen-bond donors (Lipinski definition) is 0. The fourth-order valence-electron chi connectivity index (χ4n) is 1.58. The van der Waals surface area contributed by atoms with E-state index in [0.29, 0.717) is 6.04 Å². The van der Waals surface area contributed by atoms with Crippen molar-refractivity contribution in [1.82, 2.24) is 14.5 Å². The van der Waals surface area contributed by atoms with Crippen molar-refractivity contribution in [3.8, 4) is 0 Å². The topological polar surface area (TPSA) is 39.9 Å². The molecule has 0 saturated carbocycles. The minimum absolute atomic E-state index is 0.465. The normalized spacial score (nSPS) is 17.5. The van der Waals surface area contributed by atoms with E-state index in [-0.39, 0.29) is 0 Å². The van der Waals surface area contributed by atoms with Crippen LogP contribution < -0.4 is 0 Å². The van der Waals surface area contributed by atoms with Crippen LogP contribution in [0.2, 0.25) is 0 Å². The molecule has 66 valence electrons. The molecule has 2 aromatic rings. The largest absolute Gasteiger partial charge is 0.377 e. The Morgan fingerprint density at radius 3 is 3.15 bits per heavy atom. The number of hydrogen-bond acceptors (Lipinski definition) is 3. The molecule has 3 rings (SSSR count). The van der Waals surface area contributed by atoms with Crippen molar-refractivity contribution in [2.45, 2.75) is 6.04 Å². The van der Waals surface area contributed by atoms with Crippen LogP contribution in [0, 0.1) is 0 Å². The molecular weight excluding hydrogens is 166 g/mol. The minimum Gasteiger partial charge on any atom is -0.377 e. The standard InChI is InChI=1S/C9H9N3O/c1-2-12(8-4-13-5-8)9-7(1)3-10-6-11-9/h1-3,6,8H,4-5H2. The Labute approximate surface area is 75.2 Å². The van der Waals surface area contributed by atoms with E-state index in [1.807, 2.05) is 18.5 Å². The Morgan fingerprint density at radius 2 is 2.38 bits per heavy atom. The molecule has 0 amide bonds. The van der Waals surface area contributed by atoms with E-state index in [9.17, 15) is 0 Å². The predicted molar refractivity (Wildman–Crippen MR) is 47.4 cm³/mol. The average Bonchev–Trinajstić information content (AvgIpc) is 2.47. The zero-order valence-corrected chi connectivity index (χ0v) is 7.05. The Bertz CT molecular complexity index is 433. The third kappa shape index (κ3) is 0.954. The molecule has 3 heterocycles. The SMILES string of the molecule is c1ncc2ccn(C3COC3)c2n1. The van der Waals surface area contributed by atoms with Crippen molar-refractivity contribution >= 4 is 11.0 Å². The van der Waals surface area contributed by atoms with Gasteiger partial charge in [0.1, 0.15) is 12.0 Å². The zero-order valence-electron chi connectivity index (χ0n) is 7.05. The summed E-state index contributed by atoms with van der Waals surface area (Å²) in [6.45, 7) is 1.60. The first kappa shape index (κ1) is 7.03. The van der Waals surface area contributed by atoms with Crippen LogP contribution in [0.25, 0.3) is 11.0 Å². The second-order valence-corrected chi connectivity index (χ2v) is 3.22. The lowest BCUT2D eigenvalue weighted by atomic mass is 10.2. The quantitative estimate of drug-likeness (QED) is 0.649. The lowest BCUT2D eigenvalue weighted by Gasteiger charge is -2.27. The molecule has 1 saturated heterocycles. The minimum atomic E-state index is 0.465. The lowest BCUT2D eigenvalue weighted by molar-refractivity contribution is -0.0216. The third-order valence-corrected chi connectivity index (χ3v) is 2.39. The van der Waals surface area contributed by atoms with Crippen molar-refractivity contribution in [2.24, 2.45) is 0 Å². The number of rotatable bonds is 1. The highest BCUT2D eigenvalue weighted by Gasteiger charge is 2.21. The molecule has 4 heteroatoms. The van der Waals surface area contributed by atoms with Crippen LogP contribution >= 0.6 is 0 Å². The smallest absolute Gasteiger partial charge is 0.143 e. The molecule has 0 unspecified atom stereocenters. The van der Waals surface area contributed by atoms with Gasteiger partial charge < -0.3 is 9.30 Å². The Morgan fingerprint density at radius 1 is 1.46 bits per heavy atom. The highest BCUT2D eigenvalue weighted by atomic mass is 16.5. The molecule has 0 radical (unpaired) electrons. The Balaban J connectivity index is 2.17. The van der Waals surface area contributed by atoms with E-state index in [2.05, 4.69) is 14.5 Å². The molecule has 4 nitrogen and oxygen atoms in total. The van der Waals surface area contributed by atoms with Gasteiger partial charge in [-0.2, -0.15) is 0 Å². The highest BCUT2D eigenvalue weighted by molar-refractivity contribution is 5.74. The maximum atomic E-state index is 5.14. The van der Waals surface area contributed by atoms with E-state index in [0.717, 1.165) is 24.2 Å². The van der Waals surface area contributed by atoms with E-state index in [1.165, 1.54) is 0 Å². The molecule has 0 N–H and O–H groups in total. The fourth-order valence-corrected chi connectivity index (χ4v) is 1.58. The first-order chi connectivity index (χ1) is 6.45. The molecule has 0 aromatic carbocycles. The number of ether oxygens (including phenoxy) is 1. The Hall–Kier alpha value is -1.42. The van der Waals surface area contributed by atoms with Gasteiger partial charge >= 0.3 is 0 Å². The molecule has 1 fully saturated rings. The van der Waals surface area contributed by atoms with E-state index in [4.69, 9.17) is 4.74 Å². The van der Waals surface area contributed by atoms with Crippen molar-refractivity contribution in [1.29, 1.82) is 0 Å². The maximum Gasteiger partial charge on any atom is 0.143 e. The van der Waals surface area contributed by atoms with Gasteiger partial charge in [0.25, 0.3) is 0 Å². The van der Waals surface area contributed by atoms with Gasteiger partial charge in [0.2, 0.25) is 0 Å². The Kier molecular flexibility index (Phi) is 1.37. The molecule has 0 bridgehead atoms. The summed E-state index contributed by atoms with van der Waals surface area (Å²) >= 11 is 0. The highest BCUT2D eigenvalue weighted by Crippen LogP contribution is 2.22. The zero-order chi connectivity index (χ0) is 8.67. The summed E-state index contributed by atoms with van der Waals surface area (Å²) in [5, 5.41) is 1.09. The van der Waals surface area contributed by atoms with Crippen molar-refractivity contribution in [3.05, 3.63) is 24.8 Å². The summed E-state index contributed by atoms with van der Waals surface area (Å²) in [5.41, 5.74) is 1.00. The van der Waals surface area contributed by atoms with Crippen LogP contribution in [0.3, 0.4) is 0 Å². The summed E-state index contributed by atoms with van der Waals surface area (Å²) in [6, 6.07) is 2.50. The fraction of sp³-hybridized carbons (Fsp3) is 0.333. The van der Waals surface area contributed by atoms with Gasteiger partial charge in [-0.25, -0.2) is 9.97 Å². The van der Waals surface area contributed by atoms with Gasteiger partial charge in [0.05, 0.1) is 19.3 Å². The summed E-state index contributed by atoms with van der Waals surface area (Å²) < 4.78 is 7.30. The van der Waals surface area contributed by atoms with Gasteiger partial charge in [0, 0.05) is 17.8 Å². The van der Waals surface area contributed by atoms with E-state index in [1.54, 1.807) is 6.33 Å². The van der Waals surface area contributed by atoms with Gasteiger partial charge in [-0.1, -0.05) is 0 Å². The number of aromatic nitrogens is 3. The van der Waals surface area contributed by atoms with Crippen LogP contribution in [0.4, 0.5) is 0 Å². The van der Waals surface area contributed by atoms with Gasteiger partial charge in [-0.15, -0.1) is 0 Å². The van der Waals surface area contributed by atoms with Crippen LogP contribution in [0.15, 0.2) is 24.8 Å². The van der Waals surface area contributed by atoms with Crippen molar-refractivity contribution < 1.29 is 4.74 Å². The summed E-state index contributed by atoms with van der Waals surface area (Å²) in [6.07, 6.45) is 5.46. The number of nitrogens with zero attached hydrogens (tertiary/aromatic N) is 3. The molecule has 0 atom stereocenters. The van der Waals surface area contributed by atoms with Gasteiger partial charge in [-0.05, 0) is 6.07 Å². The van der Waals surface area contributed by atoms with Gasteiger partial charge in [-0.3, -0.25) is 0 Å². The second kappa shape index (κ2) is 2.53. The van der Waals surface area contributed by atoms with Crippen molar-refractivity contribution in [2.75, 3.05) is 13.2 Å². The third-order valence-electron chi connectivity index (χ3n) is 2.39. The maximum absolute atomic E-state index is 5.14. The first-order valence-corrected chi connectivity index (χ1v) is 4.29. The monoisotopic (exact) mass is 175 g/mol. The molecule has 0 aliphatic carbocycles. The lowest BCUT2D eigenvalue weighted by Crippen LogP contribution is -2.30. The predicted octanol–water partition coefficient (Wildman–Crippen LogP) is 1.00. The number of fused-ring (bicyclic) bond motifs is 1. The average molecular weight is 175 g/mol. The molecule has 0 spiro atoms.